The van der Waals surface area contributed by atoms with Crippen LogP contribution in [0.25, 0.3) is 0 Å². The average molecular weight is 497 g/mol. The maximum atomic E-state index is 13.4. The highest BCUT2D eigenvalue weighted by Crippen LogP contribution is 2.46. The van der Waals surface area contributed by atoms with Crippen molar-refractivity contribution in [2.24, 2.45) is 11.3 Å². The summed E-state index contributed by atoms with van der Waals surface area (Å²) in [6.07, 6.45) is -2.74. The van der Waals surface area contributed by atoms with E-state index in [9.17, 15) is 27.6 Å². The molecule has 0 aromatic heterocycles. The molecule has 2 aliphatic heterocycles. The molecule has 4 rings (SSSR count). The molecule has 2 N–H and O–H groups in total. The molecule has 1 aromatic carbocycles. The Balaban J connectivity index is 1.54. The Hall–Kier alpha value is -2.82. The van der Waals surface area contributed by atoms with Crippen molar-refractivity contribution in [2.75, 3.05) is 43.1 Å². The van der Waals surface area contributed by atoms with E-state index < -0.39 is 41.7 Å². The van der Waals surface area contributed by atoms with Gasteiger partial charge in [0.15, 0.2) is 0 Å². The van der Waals surface area contributed by atoms with Crippen molar-refractivity contribution in [1.29, 1.82) is 0 Å². The molecule has 3 aliphatic rings. The largest absolute Gasteiger partial charge is 0.416 e. The zero-order valence-corrected chi connectivity index (χ0v) is 20.1. The van der Waals surface area contributed by atoms with E-state index in [0.717, 1.165) is 23.5 Å². The number of benzene rings is 1. The lowest BCUT2D eigenvalue weighted by atomic mass is 9.64. The molecule has 4 amide bonds. The smallest absolute Gasteiger partial charge is 0.378 e. The number of morpholine rings is 1. The molecule has 1 saturated carbocycles. The van der Waals surface area contributed by atoms with Crippen LogP contribution in [0.4, 0.5) is 29.3 Å². The summed E-state index contributed by atoms with van der Waals surface area (Å²) in [5.74, 6) is -1.00. The van der Waals surface area contributed by atoms with Gasteiger partial charge >= 0.3 is 12.2 Å². The zero-order valence-electron chi connectivity index (χ0n) is 20.1. The van der Waals surface area contributed by atoms with Crippen LogP contribution in [-0.2, 0) is 20.5 Å². The van der Waals surface area contributed by atoms with E-state index in [1.807, 2.05) is 25.7 Å². The number of ether oxygens (including phenoxy) is 1. The molecule has 0 bridgehead atoms. The molecular weight excluding hydrogens is 465 g/mol. The van der Waals surface area contributed by atoms with E-state index in [-0.39, 0.29) is 17.0 Å². The standard InChI is InChI=1S/C24H31F3N4O4/c1-15-11-22(2,3)14-23(12-15)20(33)31(21(34)29-23)13-19(32)28-17-10-16(24(25,26)27)4-5-18(17)30-6-8-35-9-7-30/h4-5,10,15H,6-9,11-14H2,1-3H3,(H,28,32)(H,29,34). The number of alkyl halides is 3. The number of anilines is 2. The highest BCUT2D eigenvalue weighted by molar-refractivity contribution is 6.10. The average Bonchev–Trinajstić information content (AvgIpc) is 2.95. The first-order chi connectivity index (χ1) is 16.3. The van der Waals surface area contributed by atoms with Crippen LogP contribution in [0.5, 0.6) is 0 Å². The van der Waals surface area contributed by atoms with E-state index in [2.05, 4.69) is 10.6 Å². The number of rotatable bonds is 4. The quantitative estimate of drug-likeness (QED) is 0.622. The minimum atomic E-state index is -4.59. The minimum absolute atomic E-state index is 0.0269. The molecule has 3 fully saturated rings. The van der Waals surface area contributed by atoms with Crippen LogP contribution >= 0.6 is 0 Å². The molecule has 2 heterocycles. The Morgan fingerprint density at radius 3 is 2.51 bits per heavy atom. The van der Waals surface area contributed by atoms with Gasteiger partial charge in [0, 0.05) is 13.1 Å². The van der Waals surface area contributed by atoms with Gasteiger partial charge in [-0.3, -0.25) is 14.5 Å². The highest BCUT2D eigenvalue weighted by Gasteiger charge is 2.56. The summed E-state index contributed by atoms with van der Waals surface area (Å²) in [4.78, 5) is 41.6. The van der Waals surface area contributed by atoms with Crippen molar-refractivity contribution in [3.63, 3.8) is 0 Å². The fourth-order valence-corrected chi connectivity index (χ4v) is 5.88. The van der Waals surface area contributed by atoms with Crippen LogP contribution in [0.15, 0.2) is 18.2 Å². The lowest BCUT2D eigenvalue weighted by molar-refractivity contribution is -0.137. The molecule has 2 unspecified atom stereocenters. The summed E-state index contributed by atoms with van der Waals surface area (Å²) in [5, 5.41) is 5.31. The lowest BCUT2D eigenvalue weighted by Crippen LogP contribution is -2.54. The van der Waals surface area contributed by atoms with E-state index in [1.165, 1.54) is 6.07 Å². The molecule has 8 nitrogen and oxygen atoms in total. The molecule has 1 aromatic rings. The summed E-state index contributed by atoms with van der Waals surface area (Å²) >= 11 is 0. The van der Waals surface area contributed by atoms with Crippen LogP contribution in [-0.4, -0.2) is 61.1 Å². The Labute approximate surface area is 202 Å². The Morgan fingerprint density at radius 2 is 1.89 bits per heavy atom. The van der Waals surface area contributed by atoms with Gasteiger partial charge in [-0.15, -0.1) is 0 Å². The van der Waals surface area contributed by atoms with Crippen LogP contribution in [0.1, 0.15) is 45.6 Å². The fraction of sp³-hybridized carbons (Fsp3) is 0.625. The van der Waals surface area contributed by atoms with Gasteiger partial charge in [0.1, 0.15) is 12.1 Å². The van der Waals surface area contributed by atoms with Gasteiger partial charge in [-0.2, -0.15) is 13.2 Å². The van der Waals surface area contributed by atoms with Gasteiger partial charge in [0.2, 0.25) is 5.91 Å². The maximum Gasteiger partial charge on any atom is 0.416 e. The Morgan fingerprint density at radius 1 is 1.20 bits per heavy atom. The summed E-state index contributed by atoms with van der Waals surface area (Å²) in [7, 11) is 0. The maximum absolute atomic E-state index is 13.4. The first-order valence-corrected chi connectivity index (χ1v) is 11.8. The number of carbonyl (C=O) groups excluding carboxylic acids is 3. The van der Waals surface area contributed by atoms with Gasteiger partial charge in [-0.05, 0) is 48.8 Å². The zero-order chi connectivity index (χ0) is 25.6. The molecule has 1 spiro atoms. The Kier molecular flexibility index (Phi) is 6.50. The molecule has 11 heteroatoms. The predicted octanol–water partition coefficient (Wildman–Crippen LogP) is 3.62. The van der Waals surface area contributed by atoms with Crippen molar-refractivity contribution >= 4 is 29.2 Å². The normalized spacial score (nSPS) is 26.7. The topological polar surface area (TPSA) is 91.0 Å². The SMILES string of the molecule is CC1CC(C)(C)CC2(C1)NC(=O)N(CC(=O)Nc1cc(C(F)(F)F)ccc1N1CCOCC1)C2=O. The van der Waals surface area contributed by atoms with Crippen molar-refractivity contribution < 1.29 is 32.3 Å². The molecular formula is C24H31F3N4O4. The number of imide groups is 1. The van der Waals surface area contributed by atoms with Crippen molar-refractivity contribution in [1.82, 2.24) is 10.2 Å². The first-order valence-electron chi connectivity index (χ1n) is 11.8. The molecule has 0 radical (unpaired) electrons. The summed E-state index contributed by atoms with van der Waals surface area (Å²) in [6.45, 7) is 7.26. The molecule has 2 atom stereocenters. The van der Waals surface area contributed by atoms with Gasteiger partial charge in [0.25, 0.3) is 5.91 Å². The second-order valence-electron chi connectivity index (χ2n) is 10.6. The number of urea groups is 1. The van der Waals surface area contributed by atoms with Gasteiger partial charge < -0.3 is 20.3 Å². The van der Waals surface area contributed by atoms with E-state index >= 15 is 0 Å². The third-order valence-corrected chi connectivity index (χ3v) is 6.88. The number of amides is 4. The number of halogens is 3. The monoisotopic (exact) mass is 496 g/mol. The minimum Gasteiger partial charge on any atom is -0.378 e. The fourth-order valence-electron chi connectivity index (χ4n) is 5.88. The molecule has 1 aliphatic carbocycles. The second-order valence-corrected chi connectivity index (χ2v) is 10.6. The lowest BCUT2D eigenvalue weighted by Gasteiger charge is -2.43. The van der Waals surface area contributed by atoms with Gasteiger partial charge in [-0.1, -0.05) is 20.8 Å². The Bertz CT molecular complexity index is 1020. The second kappa shape index (κ2) is 9.00. The number of hydrogen-bond acceptors (Lipinski definition) is 5. The number of nitrogens with one attached hydrogen (secondary N) is 2. The third-order valence-electron chi connectivity index (χ3n) is 6.88. The van der Waals surface area contributed by atoms with Crippen LogP contribution in [0.2, 0.25) is 0 Å². The molecule has 35 heavy (non-hydrogen) atoms. The predicted molar refractivity (Wildman–Crippen MR) is 123 cm³/mol. The van der Waals surface area contributed by atoms with E-state index in [4.69, 9.17) is 4.74 Å². The summed E-state index contributed by atoms with van der Waals surface area (Å²) < 4.78 is 45.4. The summed E-state index contributed by atoms with van der Waals surface area (Å²) in [5.41, 5.74) is -1.73. The highest BCUT2D eigenvalue weighted by atomic mass is 19.4. The van der Waals surface area contributed by atoms with Crippen molar-refractivity contribution in [3.05, 3.63) is 23.8 Å². The van der Waals surface area contributed by atoms with Crippen molar-refractivity contribution in [3.8, 4) is 0 Å². The number of hydrogen-bond donors (Lipinski definition) is 2. The van der Waals surface area contributed by atoms with Crippen LogP contribution in [0.3, 0.4) is 0 Å². The van der Waals surface area contributed by atoms with Crippen molar-refractivity contribution in [2.45, 2.75) is 51.7 Å². The van der Waals surface area contributed by atoms with Gasteiger partial charge in [-0.25, -0.2) is 4.79 Å². The number of carbonyl (C=O) groups is 3. The molecule has 192 valence electrons. The third kappa shape index (κ3) is 5.24. The van der Waals surface area contributed by atoms with Crippen LogP contribution < -0.4 is 15.5 Å². The van der Waals surface area contributed by atoms with Gasteiger partial charge in [0.05, 0.1) is 30.2 Å². The first kappa shape index (κ1) is 25.3. The molecule has 2 saturated heterocycles. The van der Waals surface area contributed by atoms with Crippen LogP contribution in [0, 0.1) is 11.3 Å². The van der Waals surface area contributed by atoms with E-state index in [1.54, 1.807) is 0 Å². The summed E-state index contributed by atoms with van der Waals surface area (Å²) in [6, 6.07) is 2.50. The number of nitrogens with zero attached hydrogens (tertiary/aromatic N) is 2. The van der Waals surface area contributed by atoms with E-state index in [0.29, 0.717) is 44.8 Å².